The molecule has 0 bridgehead atoms. The number of hydrogen-bond donors (Lipinski definition) is 0. The highest BCUT2D eigenvalue weighted by Crippen LogP contribution is 2.52. The zero-order valence-electron chi connectivity index (χ0n) is 13.5. The second-order valence-corrected chi connectivity index (χ2v) is 8.04. The minimum absolute atomic E-state index is 0.0255. The lowest BCUT2D eigenvalue weighted by Crippen LogP contribution is -2.43. The number of rotatable bonds is 3. The maximum Gasteiger partial charge on any atom is 0.563 e. The molecule has 1 heterocycles. The topological polar surface area (TPSA) is 18.5 Å². The van der Waals surface area contributed by atoms with Gasteiger partial charge < -0.3 is 9.31 Å². The standard InChI is InChI=1S/C20H18BO2P/c1-24(17-12-6-3-7-13-17)20-18-14-8-9-15-19(18)22-21(23-20)16-10-4-2-5-11-16/h2-15,20H,1H3. The summed E-state index contributed by atoms with van der Waals surface area (Å²) in [5.41, 5.74) is 2.19. The highest BCUT2D eigenvalue weighted by molar-refractivity contribution is 7.65. The molecule has 1 aliphatic heterocycles. The maximum absolute atomic E-state index is 6.42. The Bertz CT molecular complexity index is 810. The predicted octanol–water partition coefficient (Wildman–Crippen LogP) is 3.93. The monoisotopic (exact) mass is 332 g/mol. The van der Waals surface area contributed by atoms with E-state index in [-0.39, 0.29) is 13.0 Å². The fraction of sp³-hybridized carbons (Fsp3) is 0.100. The molecule has 24 heavy (non-hydrogen) atoms. The van der Waals surface area contributed by atoms with Crippen LogP contribution in [0, 0.1) is 0 Å². The van der Waals surface area contributed by atoms with Crippen molar-refractivity contribution >= 4 is 25.8 Å². The van der Waals surface area contributed by atoms with Gasteiger partial charge in [-0.15, -0.1) is 0 Å². The molecule has 4 rings (SSSR count). The average molecular weight is 332 g/mol. The van der Waals surface area contributed by atoms with Crippen molar-refractivity contribution in [2.45, 2.75) is 5.85 Å². The van der Waals surface area contributed by atoms with E-state index in [0.717, 1.165) is 16.8 Å². The summed E-state index contributed by atoms with van der Waals surface area (Å²) in [6, 6.07) is 29.0. The molecule has 0 aromatic heterocycles. The molecule has 4 heteroatoms. The highest BCUT2D eigenvalue weighted by Gasteiger charge is 2.37. The van der Waals surface area contributed by atoms with E-state index in [2.05, 4.69) is 61.3 Å². The molecule has 0 saturated carbocycles. The molecule has 0 aliphatic carbocycles. The minimum atomic E-state index is -0.500. The van der Waals surface area contributed by atoms with E-state index in [0.29, 0.717) is 0 Å². The Morgan fingerprint density at radius 2 is 1.42 bits per heavy atom. The van der Waals surface area contributed by atoms with Crippen molar-refractivity contribution in [2.75, 3.05) is 6.66 Å². The average Bonchev–Trinajstić information content (AvgIpc) is 2.68. The predicted molar refractivity (Wildman–Crippen MR) is 102 cm³/mol. The van der Waals surface area contributed by atoms with E-state index >= 15 is 0 Å². The molecule has 0 fully saturated rings. The molecule has 0 saturated heterocycles. The Hall–Kier alpha value is -2.09. The Balaban J connectivity index is 1.72. The van der Waals surface area contributed by atoms with Crippen LogP contribution in [0.3, 0.4) is 0 Å². The highest BCUT2D eigenvalue weighted by atomic mass is 31.1. The van der Waals surface area contributed by atoms with Crippen LogP contribution in [0.4, 0.5) is 0 Å². The number of benzene rings is 3. The van der Waals surface area contributed by atoms with Gasteiger partial charge in [-0.05, 0) is 31.4 Å². The van der Waals surface area contributed by atoms with Crippen LogP contribution in [0.2, 0.25) is 0 Å². The number of para-hydroxylation sites is 1. The summed E-state index contributed by atoms with van der Waals surface area (Å²) >= 11 is 0. The van der Waals surface area contributed by atoms with Crippen LogP contribution in [-0.4, -0.2) is 13.8 Å². The molecule has 118 valence electrons. The largest absolute Gasteiger partial charge is 0.563 e. The molecule has 2 atom stereocenters. The van der Waals surface area contributed by atoms with Gasteiger partial charge in [-0.1, -0.05) is 78.9 Å². The van der Waals surface area contributed by atoms with E-state index < -0.39 is 7.92 Å². The Kier molecular flexibility index (Phi) is 4.38. The van der Waals surface area contributed by atoms with Crippen LogP contribution < -0.4 is 15.4 Å². The van der Waals surface area contributed by atoms with E-state index in [1.807, 2.05) is 30.3 Å². The maximum atomic E-state index is 6.42. The number of fused-ring (bicyclic) bond motifs is 1. The minimum Gasteiger partial charge on any atom is -0.532 e. The third kappa shape index (κ3) is 2.98. The van der Waals surface area contributed by atoms with E-state index in [9.17, 15) is 0 Å². The van der Waals surface area contributed by atoms with Gasteiger partial charge in [-0.25, -0.2) is 0 Å². The third-order valence-electron chi connectivity index (χ3n) is 4.26. The van der Waals surface area contributed by atoms with E-state index in [4.69, 9.17) is 9.31 Å². The summed E-state index contributed by atoms with van der Waals surface area (Å²) in [5, 5.41) is 1.33. The lowest BCUT2D eigenvalue weighted by Gasteiger charge is -2.34. The Morgan fingerprint density at radius 3 is 2.17 bits per heavy atom. The molecule has 2 nitrogen and oxygen atoms in total. The van der Waals surface area contributed by atoms with Crippen molar-refractivity contribution in [3.05, 3.63) is 90.5 Å². The molecule has 0 amide bonds. The normalized spacial score (nSPS) is 17.7. The summed E-state index contributed by atoms with van der Waals surface area (Å²) in [6.07, 6.45) is 0. The molecule has 1 aliphatic rings. The van der Waals surface area contributed by atoms with Gasteiger partial charge in [0, 0.05) is 5.56 Å². The van der Waals surface area contributed by atoms with Crippen molar-refractivity contribution in [3.8, 4) is 5.75 Å². The lowest BCUT2D eigenvalue weighted by atomic mass is 9.78. The Morgan fingerprint density at radius 1 is 0.792 bits per heavy atom. The summed E-state index contributed by atoms with van der Waals surface area (Å²) < 4.78 is 12.5. The van der Waals surface area contributed by atoms with Gasteiger partial charge >= 0.3 is 7.12 Å². The molecular formula is C20H18BO2P. The van der Waals surface area contributed by atoms with Gasteiger partial charge in [0.2, 0.25) is 0 Å². The second kappa shape index (κ2) is 6.80. The molecule has 2 unspecified atom stereocenters. The summed E-state index contributed by atoms with van der Waals surface area (Å²) in [5.74, 6) is 0.949. The van der Waals surface area contributed by atoms with Crippen LogP contribution in [0.1, 0.15) is 11.4 Å². The smallest absolute Gasteiger partial charge is 0.532 e. The molecule has 0 radical (unpaired) electrons. The SMILES string of the molecule is CP(c1ccccc1)C1OB(c2ccccc2)Oc2ccccc21. The summed E-state index contributed by atoms with van der Waals surface area (Å²) in [4.78, 5) is 0. The van der Waals surface area contributed by atoms with Gasteiger partial charge in [0.15, 0.2) is 0 Å². The van der Waals surface area contributed by atoms with Crippen molar-refractivity contribution < 1.29 is 9.31 Å². The first-order chi connectivity index (χ1) is 11.8. The lowest BCUT2D eigenvalue weighted by molar-refractivity contribution is 0.226. The van der Waals surface area contributed by atoms with Crippen molar-refractivity contribution in [3.63, 3.8) is 0 Å². The van der Waals surface area contributed by atoms with Crippen LogP contribution in [0.5, 0.6) is 5.75 Å². The molecular weight excluding hydrogens is 314 g/mol. The molecule has 0 N–H and O–H groups in total. The third-order valence-corrected chi connectivity index (χ3v) is 6.47. The Labute approximate surface area is 144 Å². The van der Waals surface area contributed by atoms with Crippen LogP contribution in [0.15, 0.2) is 84.9 Å². The van der Waals surface area contributed by atoms with Crippen LogP contribution >= 0.6 is 7.92 Å². The van der Waals surface area contributed by atoms with Gasteiger partial charge in [0.05, 0.1) is 5.85 Å². The molecule has 3 aromatic rings. The van der Waals surface area contributed by atoms with Crippen LogP contribution in [0.25, 0.3) is 0 Å². The van der Waals surface area contributed by atoms with Gasteiger partial charge in [-0.3, -0.25) is 0 Å². The summed E-state index contributed by atoms with van der Waals surface area (Å²) in [7, 11) is -0.861. The van der Waals surface area contributed by atoms with Crippen molar-refractivity contribution in [1.82, 2.24) is 0 Å². The number of hydrogen-bond acceptors (Lipinski definition) is 2. The zero-order chi connectivity index (χ0) is 16.4. The first-order valence-corrected chi connectivity index (χ1v) is 9.92. The zero-order valence-corrected chi connectivity index (χ0v) is 14.4. The molecule has 0 spiro atoms. The fourth-order valence-corrected chi connectivity index (χ4v) is 4.82. The first kappa shape index (κ1) is 15.4. The van der Waals surface area contributed by atoms with Gasteiger partial charge in [-0.2, -0.15) is 0 Å². The van der Waals surface area contributed by atoms with Gasteiger partial charge in [0.25, 0.3) is 0 Å². The summed E-state index contributed by atoms with van der Waals surface area (Å²) in [6.45, 7) is 2.28. The molecule has 3 aromatic carbocycles. The fourth-order valence-electron chi connectivity index (χ4n) is 2.98. The first-order valence-electron chi connectivity index (χ1n) is 8.07. The quantitative estimate of drug-likeness (QED) is 0.535. The van der Waals surface area contributed by atoms with Gasteiger partial charge in [0.1, 0.15) is 5.75 Å². The van der Waals surface area contributed by atoms with Crippen LogP contribution in [-0.2, 0) is 4.65 Å². The second-order valence-electron chi connectivity index (χ2n) is 5.83. The van der Waals surface area contributed by atoms with E-state index in [1.165, 1.54) is 5.30 Å². The van der Waals surface area contributed by atoms with E-state index in [1.54, 1.807) is 0 Å². The van der Waals surface area contributed by atoms with Crippen molar-refractivity contribution in [2.24, 2.45) is 0 Å². The van der Waals surface area contributed by atoms with Crippen molar-refractivity contribution in [1.29, 1.82) is 0 Å².